The summed E-state index contributed by atoms with van der Waals surface area (Å²) in [6.07, 6.45) is 5.14. The van der Waals surface area contributed by atoms with Crippen LogP contribution in [0.4, 0.5) is 5.69 Å². The van der Waals surface area contributed by atoms with Gasteiger partial charge < -0.3 is 9.88 Å². The van der Waals surface area contributed by atoms with E-state index in [-0.39, 0.29) is 16.6 Å². The van der Waals surface area contributed by atoms with Gasteiger partial charge in [-0.05, 0) is 18.2 Å². The smallest absolute Gasteiger partial charge is 0.251 e. The number of nitrogens with zero attached hydrogens (tertiary/aromatic N) is 2. The van der Waals surface area contributed by atoms with E-state index in [4.69, 9.17) is 11.6 Å². The molecule has 2 aromatic rings. The second-order valence-corrected chi connectivity index (χ2v) is 7.18. The molecule has 0 bridgehead atoms. The van der Waals surface area contributed by atoms with E-state index in [1.54, 1.807) is 6.20 Å². The Kier molecular flexibility index (Phi) is 5.27. The van der Waals surface area contributed by atoms with Gasteiger partial charge in [0, 0.05) is 38.0 Å². The Balaban J connectivity index is 2.02. The molecule has 23 heavy (non-hydrogen) atoms. The first-order valence-corrected chi connectivity index (χ1v) is 9.05. The van der Waals surface area contributed by atoms with Crippen LogP contribution in [0, 0.1) is 0 Å². The van der Waals surface area contributed by atoms with Gasteiger partial charge in [-0.3, -0.25) is 9.52 Å². The van der Waals surface area contributed by atoms with Crippen LogP contribution < -0.4 is 10.0 Å². The SMILES string of the molecule is Cn1ccnc1CCNC(=O)c1ccc(Cl)c(NS(C)(=O)=O)c1. The first-order valence-electron chi connectivity index (χ1n) is 6.78. The van der Waals surface area contributed by atoms with Crippen molar-refractivity contribution in [2.75, 3.05) is 17.5 Å². The topological polar surface area (TPSA) is 93.1 Å². The summed E-state index contributed by atoms with van der Waals surface area (Å²) in [6, 6.07) is 4.41. The lowest BCUT2D eigenvalue weighted by Crippen LogP contribution is -2.26. The van der Waals surface area contributed by atoms with Gasteiger partial charge in [-0.2, -0.15) is 0 Å². The van der Waals surface area contributed by atoms with Crippen molar-refractivity contribution in [3.63, 3.8) is 0 Å². The number of imidazole rings is 1. The molecule has 0 aliphatic rings. The van der Waals surface area contributed by atoms with E-state index in [1.165, 1.54) is 18.2 Å². The first-order chi connectivity index (χ1) is 10.8. The van der Waals surface area contributed by atoms with E-state index in [0.29, 0.717) is 18.5 Å². The summed E-state index contributed by atoms with van der Waals surface area (Å²) >= 11 is 5.93. The molecule has 0 saturated heterocycles. The molecule has 1 heterocycles. The molecule has 0 spiro atoms. The second kappa shape index (κ2) is 7.01. The summed E-state index contributed by atoms with van der Waals surface area (Å²) in [6.45, 7) is 0.418. The number of nitrogens with one attached hydrogen (secondary N) is 2. The van der Waals surface area contributed by atoms with Crippen LogP contribution in [0.25, 0.3) is 0 Å². The molecule has 124 valence electrons. The number of carbonyl (C=O) groups excluding carboxylic acids is 1. The van der Waals surface area contributed by atoms with Crippen LogP contribution in [-0.2, 0) is 23.5 Å². The van der Waals surface area contributed by atoms with Gasteiger partial charge >= 0.3 is 0 Å². The fourth-order valence-electron chi connectivity index (χ4n) is 1.97. The number of sulfonamides is 1. The maximum atomic E-state index is 12.1. The first kappa shape index (κ1) is 17.3. The standard InChI is InChI=1S/C14H17ClN4O3S/c1-19-8-7-16-13(19)5-6-17-14(20)10-3-4-11(15)12(9-10)18-23(2,21)22/h3-4,7-9,18H,5-6H2,1-2H3,(H,17,20). The summed E-state index contributed by atoms with van der Waals surface area (Å²) in [4.78, 5) is 16.3. The zero-order chi connectivity index (χ0) is 17.0. The molecular weight excluding hydrogens is 340 g/mol. The molecule has 1 aromatic heterocycles. The lowest BCUT2D eigenvalue weighted by atomic mass is 10.2. The Morgan fingerprint density at radius 2 is 2.13 bits per heavy atom. The van der Waals surface area contributed by atoms with Crippen LogP contribution in [0.1, 0.15) is 16.2 Å². The quantitative estimate of drug-likeness (QED) is 0.818. The maximum Gasteiger partial charge on any atom is 0.251 e. The van der Waals surface area contributed by atoms with Gasteiger partial charge in [0.05, 0.1) is 17.0 Å². The van der Waals surface area contributed by atoms with Crippen molar-refractivity contribution in [1.29, 1.82) is 0 Å². The van der Waals surface area contributed by atoms with Crippen LogP contribution in [0.2, 0.25) is 5.02 Å². The lowest BCUT2D eigenvalue weighted by molar-refractivity contribution is 0.0954. The Labute approximate surface area is 139 Å². The van der Waals surface area contributed by atoms with E-state index in [1.807, 2.05) is 17.8 Å². The van der Waals surface area contributed by atoms with Crippen molar-refractivity contribution >= 4 is 33.2 Å². The highest BCUT2D eigenvalue weighted by Crippen LogP contribution is 2.23. The van der Waals surface area contributed by atoms with Gasteiger partial charge in [-0.25, -0.2) is 13.4 Å². The number of amides is 1. The molecule has 0 aliphatic carbocycles. The third-order valence-electron chi connectivity index (χ3n) is 3.08. The van der Waals surface area contributed by atoms with Crippen molar-refractivity contribution in [3.05, 3.63) is 47.0 Å². The summed E-state index contributed by atoms with van der Waals surface area (Å²) in [5, 5.41) is 2.98. The number of hydrogen-bond donors (Lipinski definition) is 2. The van der Waals surface area contributed by atoms with Gasteiger partial charge in [-0.15, -0.1) is 0 Å². The van der Waals surface area contributed by atoms with Crippen molar-refractivity contribution in [1.82, 2.24) is 14.9 Å². The molecule has 0 aliphatic heterocycles. The minimum absolute atomic E-state index is 0.172. The largest absolute Gasteiger partial charge is 0.352 e. The van der Waals surface area contributed by atoms with Gasteiger partial charge in [0.15, 0.2) is 0 Å². The molecule has 9 heteroatoms. The average Bonchev–Trinajstić information content (AvgIpc) is 2.85. The number of aryl methyl sites for hydroxylation is 1. The van der Waals surface area contributed by atoms with E-state index >= 15 is 0 Å². The fraction of sp³-hybridized carbons (Fsp3) is 0.286. The molecule has 1 amide bonds. The van der Waals surface area contributed by atoms with Crippen LogP contribution in [-0.4, -0.2) is 36.7 Å². The minimum Gasteiger partial charge on any atom is -0.352 e. The Hall–Kier alpha value is -2.06. The molecule has 0 saturated carbocycles. The Bertz CT molecular complexity index is 817. The van der Waals surface area contributed by atoms with Gasteiger partial charge in [0.1, 0.15) is 5.82 Å². The number of halogens is 1. The van der Waals surface area contributed by atoms with E-state index in [2.05, 4.69) is 15.0 Å². The number of carbonyl (C=O) groups is 1. The zero-order valence-corrected chi connectivity index (χ0v) is 14.3. The lowest BCUT2D eigenvalue weighted by Gasteiger charge is -2.09. The fourth-order valence-corrected chi connectivity index (χ4v) is 2.76. The number of anilines is 1. The van der Waals surface area contributed by atoms with E-state index in [0.717, 1.165) is 12.1 Å². The molecule has 0 radical (unpaired) electrons. The monoisotopic (exact) mass is 356 g/mol. The van der Waals surface area contributed by atoms with Crippen molar-refractivity contribution in [2.24, 2.45) is 7.05 Å². The second-order valence-electron chi connectivity index (χ2n) is 5.03. The van der Waals surface area contributed by atoms with Crippen molar-refractivity contribution < 1.29 is 13.2 Å². The van der Waals surface area contributed by atoms with Crippen LogP contribution >= 0.6 is 11.6 Å². The number of rotatable bonds is 6. The van der Waals surface area contributed by atoms with Crippen LogP contribution in [0.15, 0.2) is 30.6 Å². The third-order valence-corrected chi connectivity index (χ3v) is 4.00. The van der Waals surface area contributed by atoms with Gasteiger partial charge in [0.25, 0.3) is 5.91 Å². The Morgan fingerprint density at radius 3 is 2.74 bits per heavy atom. The van der Waals surface area contributed by atoms with Gasteiger partial charge in [0.2, 0.25) is 10.0 Å². The van der Waals surface area contributed by atoms with E-state index < -0.39 is 10.0 Å². The number of aromatic nitrogens is 2. The predicted molar refractivity (Wildman–Crippen MR) is 89.2 cm³/mol. The Morgan fingerprint density at radius 1 is 1.39 bits per heavy atom. The molecular formula is C14H17ClN4O3S. The normalized spacial score (nSPS) is 11.3. The molecule has 7 nitrogen and oxygen atoms in total. The maximum absolute atomic E-state index is 12.1. The molecule has 0 atom stereocenters. The highest BCUT2D eigenvalue weighted by atomic mass is 35.5. The highest BCUT2D eigenvalue weighted by molar-refractivity contribution is 7.92. The van der Waals surface area contributed by atoms with E-state index in [9.17, 15) is 13.2 Å². The van der Waals surface area contributed by atoms with Crippen LogP contribution in [0.5, 0.6) is 0 Å². The molecule has 0 fully saturated rings. The van der Waals surface area contributed by atoms with Crippen molar-refractivity contribution in [3.8, 4) is 0 Å². The van der Waals surface area contributed by atoms with Gasteiger partial charge in [-0.1, -0.05) is 11.6 Å². The summed E-state index contributed by atoms with van der Waals surface area (Å²) in [7, 11) is -1.59. The molecule has 2 rings (SSSR count). The highest BCUT2D eigenvalue weighted by Gasteiger charge is 2.11. The average molecular weight is 357 g/mol. The summed E-state index contributed by atoms with van der Waals surface area (Å²) in [5.74, 6) is 0.549. The zero-order valence-electron chi connectivity index (χ0n) is 12.7. The minimum atomic E-state index is -3.47. The predicted octanol–water partition coefficient (Wildman–Crippen LogP) is 1.42. The number of benzene rings is 1. The van der Waals surface area contributed by atoms with Crippen LogP contribution in [0.3, 0.4) is 0 Å². The summed E-state index contributed by atoms with van der Waals surface area (Å²) < 4.78 is 26.7. The molecule has 2 N–H and O–H groups in total. The van der Waals surface area contributed by atoms with Crippen molar-refractivity contribution in [2.45, 2.75) is 6.42 Å². The third kappa shape index (κ3) is 4.97. The molecule has 0 unspecified atom stereocenters. The molecule has 1 aromatic carbocycles. The number of hydrogen-bond acceptors (Lipinski definition) is 4. The summed E-state index contributed by atoms with van der Waals surface area (Å²) in [5.41, 5.74) is 0.492.